The third-order valence-corrected chi connectivity index (χ3v) is 3.33. The van der Waals surface area contributed by atoms with Crippen molar-refractivity contribution in [2.45, 2.75) is 26.2 Å². The Balaban J connectivity index is 2.41. The fraction of sp³-hybridized carbons (Fsp3) is 0.357. The monoisotopic (exact) mass is 312 g/mol. The third kappa shape index (κ3) is 5.43. The minimum atomic E-state index is -0.926. The predicted octanol–water partition coefficient (Wildman–Crippen LogP) is 1.99. The second kappa shape index (κ2) is 8.26. The van der Waals surface area contributed by atoms with Gasteiger partial charge in [0.2, 0.25) is 5.91 Å². The minimum Gasteiger partial charge on any atom is -0.481 e. The summed E-state index contributed by atoms with van der Waals surface area (Å²) >= 11 is 5.85. The first kappa shape index (κ1) is 17.0. The first-order valence-corrected chi connectivity index (χ1v) is 6.90. The second-order valence-electron chi connectivity index (χ2n) is 4.46. The van der Waals surface area contributed by atoms with Crippen LogP contribution in [0.25, 0.3) is 0 Å². The van der Waals surface area contributed by atoms with Crippen LogP contribution in [0.5, 0.6) is 0 Å². The topological polar surface area (TPSA) is 95.5 Å². The molecule has 1 atom stereocenters. The third-order valence-electron chi connectivity index (χ3n) is 3.00. The van der Waals surface area contributed by atoms with Gasteiger partial charge in [0.25, 0.3) is 5.91 Å². The van der Waals surface area contributed by atoms with E-state index in [1.54, 1.807) is 25.1 Å². The zero-order valence-electron chi connectivity index (χ0n) is 11.6. The van der Waals surface area contributed by atoms with Crippen LogP contribution < -0.4 is 10.9 Å². The van der Waals surface area contributed by atoms with Crippen LogP contribution >= 0.6 is 11.6 Å². The molecule has 0 aliphatic heterocycles. The van der Waals surface area contributed by atoms with Crippen LogP contribution in [0.4, 0.5) is 0 Å². The molecule has 0 saturated carbocycles. The lowest BCUT2D eigenvalue weighted by atomic mass is 10.0. The van der Waals surface area contributed by atoms with Crippen LogP contribution in [-0.4, -0.2) is 22.9 Å². The first-order chi connectivity index (χ1) is 9.95. The molecular formula is C14H17ClN2O4. The number of hydrogen-bond acceptors (Lipinski definition) is 3. The Morgan fingerprint density at radius 3 is 2.48 bits per heavy atom. The van der Waals surface area contributed by atoms with Gasteiger partial charge in [0.1, 0.15) is 0 Å². The lowest BCUT2D eigenvalue weighted by Gasteiger charge is -2.11. The summed E-state index contributed by atoms with van der Waals surface area (Å²) in [6.07, 6.45) is 0.696. The summed E-state index contributed by atoms with van der Waals surface area (Å²) in [5.74, 6) is -2.46. The molecule has 0 aliphatic carbocycles. The van der Waals surface area contributed by atoms with Crippen molar-refractivity contribution < 1.29 is 19.5 Å². The van der Waals surface area contributed by atoms with Crippen LogP contribution in [0.2, 0.25) is 5.02 Å². The van der Waals surface area contributed by atoms with Crippen LogP contribution in [0.3, 0.4) is 0 Å². The van der Waals surface area contributed by atoms with E-state index in [1.165, 1.54) is 6.07 Å². The molecule has 6 nitrogen and oxygen atoms in total. The van der Waals surface area contributed by atoms with E-state index in [1.807, 2.05) is 0 Å². The number of halogens is 1. The molecule has 1 aromatic carbocycles. The Morgan fingerprint density at radius 2 is 1.90 bits per heavy atom. The summed E-state index contributed by atoms with van der Waals surface area (Å²) in [6, 6.07) is 6.44. The molecule has 0 heterocycles. The molecule has 1 unspecified atom stereocenters. The van der Waals surface area contributed by atoms with Crippen LogP contribution in [0, 0.1) is 5.92 Å². The van der Waals surface area contributed by atoms with Crippen molar-refractivity contribution in [1.29, 1.82) is 0 Å². The van der Waals surface area contributed by atoms with Crippen molar-refractivity contribution in [3.8, 4) is 0 Å². The standard InChI is InChI=1S/C14H17ClN2O4/c1-2-9(14(20)21)7-8-12(18)16-17-13(19)10-5-3-4-6-11(10)15/h3-6,9H,2,7-8H2,1H3,(H,16,18)(H,17,19)(H,20,21). The van der Waals surface area contributed by atoms with Crippen molar-refractivity contribution >= 4 is 29.4 Å². The SMILES string of the molecule is CCC(CCC(=O)NNC(=O)c1ccccc1Cl)C(=O)O. The number of hydrazine groups is 1. The summed E-state index contributed by atoms with van der Waals surface area (Å²) in [4.78, 5) is 34.1. The van der Waals surface area contributed by atoms with E-state index in [4.69, 9.17) is 16.7 Å². The smallest absolute Gasteiger partial charge is 0.306 e. The number of benzene rings is 1. The van der Waals surface area contributed by atoms with Gasteiger partial charge in [-0.05, 0) is 25.0 Å². The molecule has 0 radical (unpaired) electrons. The van der Waals surface area contributed by atoms with Gasteiger partial charge in [0, 0.05) is 6.42 Å². The molecule has 2 amide bonds. The highest BCUT2D eigenvalue weighted by molar-refractivity contribution is 6.33. The molecule has 7 heteroatoms. The first-order valence-electron chi connectivity index (χ1n) is 6.52. The molecule has 0 spiro atoms. The highest BCUT2D eigenvalue weighted by atomic mass is 35.5. The van der Waals surface area contributed by atoms with E-state index in [9.17, 15) is 14.4 Å². The zero-order chi connectivity index (χ0) is 15.8. The Labute approximate surface area is 127 Å². The van der Waals surface area contributed by atoms with Gasteiger partial charge in [-0.1, -0.05) is 30.7 Å². The van der Waals surface area contributed by atoms with E-state index in [0.29, 0.717) is 6.42 Å². The Bertz CT molecular complexity index is 533. The number of aliphatic carboxylic acids is 1. The molecule has 0 aromatic heterocycles. The number of nitrogens with one attached hydrogen (secondary N) is 2. The fourth-order valence-corrected chi connectivity index (χ4v) is 1.93. The quantitative estimate of drug-likeness (QED) is 0.700. The Hall–Kier alpha value is -2.08. The number of carbonyl (C=O) groups excluding carboxylic acids is 2. The van der Waals surface area contributed by atoms with Crippen molar-refractivity contribution in [3.63, 3.8) is 0 Å². The van der Waals surface area contributed by atoms with Crippen molar-refractivity contribution in [1.82, 2.24) is 10.9 Å². The number of amides is 2. The molecule has 0 aliphatic rings. The molecule has 0 saturated heterocycles. The van der Waals surface area contributed by atoms with Crippen molar-refractivity contribution in [2.24, 2.45) is 5.92 Å². The van der Waals surface area contributed by atoms with Gasteiger partial charge in [-0.25, -0.2) is 0 Å². The molecule has 21 heavy (non-hydrogen) atoms. The average Bonchev–Trinajstić information content (AvgIpc) is 2.45. The van der Waals surface area contributed by atoms with Gasteiger partial charge in [-0.15, -0.1) is 0 Å². The number of carboxylic acids is 1. The maximum atomic E-state index is 11.8. The Kier molecular flexibility index (Phi) is 6.68. The largest absolute Gasteiger partial charge is 0.481 e. The van der Waals surface area contributed by atoms with Crippen molar-refractivity contribution in [2.75, 3.05) is 0 Å². The van der Waals surface area contributed by atoms with Gasteiger partial charge in [-0.2, -0.15) is 0 Å². The lowest BCUT2D eigenvalue weighted by Crippen LogP contribution is -2.41. The van der Waals surface area contributed by atoms with Gasteiger partial charge in [-0.3, -0.25) is 25.2 Å². The normalized spacial score (nSPS) is 11.5. The van der Waals surface area contributed by atoms with E-state index < -0.39 is 23.7 Å². The molecular weight excluding hydrogens is 296 g/mol. The van der Waals surface area contributed by atoms with E-state index in [2.05, 4.69) is 10.9 Å². The van der Waals surface area contributed by atoms with Crippen LogP contribution in [0.15, 0.2) is 24.3 Å². The number of carbonyl (C=O) groups is 3. The predicted molar refractivity (Wildman–Crippen MR) is 77.7 cm³/mol. The Morgan fingerprint density at radius 1 is 1.24 bits per heavy atom. The van der Waals surface area contributed by atoms with Gasteiger partial charge in [0.15, 0.2) is 0 Å². The lowest BCUT2D eigenvalue weighted by molar-refractivity contribution is -0.142. The zero-order valence-corrected chi connectivity index (χ0v) is 12.3. The van der Waals surface area contributed by atoms with Gasteiger partial charge < -0.3 is 5.11 Å². The van der Waals surface area contributed by atoms with Gasteiger partial charge >= 0.3 is 5.97 Å². The number of rotatable bonds is 6. The summed E-state index contributed by atoms with van der Waals surface area (Å²) in [7, 11) is 0. The molecule has 0 bridgehead atoms. The summed E-state index contributed by atoms with van der Waals surface area (Å²) in [5.41, 5.74) is 4.72. The van der Waals surface area contributed by atoms with Gasteiger partial charge in [0.05, 0.1) is 16.5 Å². The van der Waals surface area contributed by atoms with E-state index >= 15 is 0 Å². The molecule has 1 aromatic rings. The second-order valence-corrected chi connectivity index (χ2v) is 4.87. The summed E-state index contributed by atoms with van der Waals surface area (Å²) in [5, 5.41) is 9.15. The van der Waals surface area contributed by atoms with Crippen LogP contribution in [0.1, 0.15) is 36.5 Å². The highest BCUT2D eigenvalue weighted by Gasteiger charge is 2.17. The van der Waals surface area contributed by atoms with Crippen molar-refractivity contribution in [3.05, 3.63) is 34.9 Å². The van der Waals surface area contributed by atoms with E-state index in [-0.39, 0.29) is 23.4 Å². The van der Waals surface area contributed by atoms with E-state index in [0.717, 1.165) is 0 Å². The summed E-state index contributed by atoms with van der Waals surface area (Å²) < 4.78 is 0. The number of hydrogen-bond donors (Lipinski definition) is 3. The number of carboxylic acid groups (broad SMARTS) is 1. The highest BCUT2D eigenvalue weighted by Crippen LogP contribution is 2.14. The summed E-state index contributed by atoms with van der Waals surface area (Å²) in [6.45, 7) is 1.75. The average molecular weight is 313 g/mol. The maximum Gasteiger partial charge on any atom is 0.306 e. The molecule has 114 valence electrons. The van der Waals surface area contributed by atoms with Crippen LogP contribution in [-0.2, 0) is 9.59 Å². The maximum absolute atomic E-state index is 11.8. The molecule has 0 fully saturated rings. The fourth-order valence-electron chi connectivity index (χ4n) is 1.71. The molecule has 1 rings (SSSR count). The molecule has 3 N–H and O–H groups in total. The minimum absolute atomic E-state index is 0.0214.